The van der Waals surface area contributed by atoms with Crippen molar-refractivity contribution in [3.8, 4) is 0 Å². The Kier molecular flexibility index (Phi) is 2.77. The average Bonchev–Trinajstić information content (AvgIpc) is 2.77. The molecule has 1 aromatic rings. The molecule has 1 fully saturated rings. The first kappa shape index (κ1) is 10.9. The van der Waals surface area contributed by atoms with Crippen molar-refractivity contribution in [2.24, 2.45) is 5.92 Å². The molecule has 85 valence electrons. The molecule has 0 saturated carbocycles. The lowest BCUT2D eigenvalue weighted by Crippen LogP contribution is -2.41. The van der Waals surface area contributed by atoms with E-state index in [1.165, 1.54) is 11.9 Å². The van der Waals surface area contributed by atoms with Crippen LogP contribution in [-0.2, 0) is 9.59 Å². The van der Waals surface area contributed by atoms with Gasteiger partial charge in [0.15, 0.2) is 0 Å². The van der Waals surface area contributed by atoms with Gasteiger partial charge in [-0.1, -0.05) is 6.92 Å². The first-order chi connectivity index (χ1) is 7.59. The van der Waals surface area contributed by atoms with E-state index in [2.05, 4.69) is 9.97 Å². The molecule has 0 bridgehead atoms. The summed E-state index contributed by atoms with van der Waals surface area (Å²) in [6, 6.07) is 0. The summed E-state index contributed by atoms with van der Waals surface area (Å²) in [5, 5.41) is 0. The predicted octanol–water partition coefficient (Wildman–Crippen LogP) is 0.747. The van der Waals surface area contributed by atoms with Gasteiger partial charge >= 0.3 is 0 Å². The number of H-pyrrole nitrogens is 1. The smallest absolute Gasteiger partial charge is 0.229 e. The number of nitrogens with zero attached hydrogens (tertiary/aromatic N) is 2. The van der Waals surface area contributed by atoms with Crippen LogP contribution >= 0.6 is 0 Å². The van der Waals surface area contributed by atoms with Gasteiger partial charge in [-0.3, -0.25) is 14.5 Å². The molecule has 2 rings (SSSR count). The van der Waals surface area contributed by atoms with Crippen molar-refractivity contribution in [3.05, 3.63) is 24.1 Å². The quantitative estimate of drug-likeness (QED) is 0.748. The molecule has 0 atom stereocenters. The van der Waals surface area contributed by atoms with Gasteiger partial charge in [-0.05, 0) is 5.92 Å². The zero-order valence-corrected chi connectivity index (χ0v) is 9.36. The second-order valence-electron chi connectivity index (χ2n) is 4.07. The van der Waals surface area contributed by atoms with Crippen LogP contribution in [0.15, 0.2) is 12.4 Å². The molecule has 1 aliphatic heterocycles. The van der Waals surface area contributed by atoms with E-state index in [4.69, 9.17) is 0 Å². The fraction of sp³-hybridized carbons (Fsp3) is 0.455. The SMILES string of the molecule is C[C](c1ncc[nH]1)C1CC(=O)N(C)C(=O)C1. The van der Waals surface area contributed by atoms with Crippen molar-refractivity contribution in [2.45, 2.75) is 19.8 Å². The molecule has 1 radical (unpaired) electrons. The fourth-order valence-electron chi connectivity index (χ4n) is 1.89. The maximum absolute atomic E-state index is 11.6. The Hall–Kier alpha value is -1.65. The van der Waals surface area contributed by atoms with E-state index in [9.17, 15) is 9.59 Å². The Balaban J connectivity index is 2.11. The van der Waals surface area contributed by atoms with E-state index in [0.29, 0.717) is 12.8 Å². The molecule has 0 aliphatic carbocycles. The van der Waals surface area contributed by atoms with Gasteiger partial charge in [-0.2, -0.15) is 0 Å². The second-order valence-corrected chi connectivity index (χ2v) is 4.07. The van der Waals surface area contributed by atoms with Crippen LogP contribution in [0.3, 0.4) is 0 Å². The molecule has 1 N–H and O–H groups in total. The third-order valence-corrected chi connectivity index (χ3v) is 3.07. The Labute approximate surface area is 93.9 Å². The molecule has 16 heavy (non-hydrogen) atoms. The van der Waals surface area contributed by atoms with Gasteiger partial charge in [0.05, 0.1) is 0 Å². The first-order valence-corrected chi connectivity index (χ1v) is 5.22. The molecule has 1 aromatic heterocycles. The van der Waals surface area contributed by atoms with E-state index < -0.39 is 0 Å². The number of imidazole rings is 1. The molecule has 2 heterocycles. The molecule has 1 aliphatic rings. The van der Waals surface area contributed by atoms with Crippen LogP contribution in [0.4, 0.5) is 0 Å². The predicted molar refractivity (Wildman–Crippen MR) is 57.1 cm³/mol. The summed E-state index contributed by atoms with van der Waals surface area (Å²) in [6.07, 6.45) is 4.17. The van der Waals surface area contributed by atoms with Crippen LogP contribution in [0.5, 0.6) is 0 Å². The fourth-order valence-corrected chi connectivity index (χ4v) is 1.89. The molecular formula is C11H14N3O2. The van der Waals surface area contributed by atoms with Crippen LogP contribution < -0.4 is 0 Å². The van der Waals surface area contributed by atoms with Crippen molar-refractivity contribution < 1.29 is 9.59 Å². The molecule has 5 nitrogen and oxygen atoms in total. The van der Waals surface area contributed by atoms with Crippen LogP contribution in [0.25, 0.3) is 0 Å². The first-order valence-electron chi connectivity index (χ1n) is 5.22. The number of rotatable bonds is 2. The van der Waals surface area contributed by atoms with Gasteiger partial charge in [-0.15, -0.1) is 0 Å². The minimum atomic E-state index is -0.118. The highest BCUT2D eigenvalue weighted by molar-refractivity contribution is 5.97. The average molecular weight is 220 g/mol. The summed E-state index contributed by atoms with van der Waals surface area (Å²) in [6.45, 7) is 1.91. The van der Waals surface area contributed by atoms with Gasteiger partial charge in [-0.25, -0.2) is 4.98 Å². The monoisotopic (exact) mass is 220 g/mol. The lowest BCUT2D eigenvalue weighted by molar-refractivity contribution is -0.147. The largest absolute Gasteiger partial charge is 0.348 e. The van der Waals surface area contributed by atoms with E-state index in [1.807, 2.05) is 6.92 Å². The maximum Gasteiger partial charge on any atom is 0.229 e. The molecule has 5 heteroatoms. The normalized spacial score (nSPS) is 18.6. The minimum Gasteiger partial charge on any atom is -0.348 e. The van der Waals surface area contributed by atoms with E-state index in [-0.39, 0.29) is 17.7 Å². The molecule has 0 aromatic carbocycles. The van der Waals surface area contributed by atoms with E-state index in [0.717, 1.165) is 11.7 Å². The van der Waals surface area contributed by atoms with Crippen molar-refractivity contribution in [1.82, 2.24) is 14.9 Å². The zero-order valence-electron chi connectivity index (χ0n) is 9.36. The number of carbonyl (C=O) groups is 2. The van der Waals surface area contributed by atoms with Gasteiger partial charge < -0.3 is 4.98 Å². The molecule has 2 amide bonds. The van der Waals surface area contributed by atoms with Gasteiger partial charge in [0.1, 0.15) is 5.82 Å². The Bertz CT molecular complexity index is 381. The lowest BCUT2D eigenvalue weighted by atomic mass is 9.84. The molecule has 0 spiro atoms. The summed E-state index contributed by atoms with van der Waals surface area (Å²) >= 11 is 0. The van der Waals surface area contributed by atoms with Crippen molar-refractivity contribution >= 4 is 11.8 Å². The number of aromatic nitrogens is 2. The Morgan fingerprint density at radius 3 is 2.56 bits per heavy atom. The number of imide groups is 1. The summed E-state index contributed by atoms with van der Waals surface area (Å²) in [5.41, 5.74) is 0. The summed E-state index contributed by atoms with van der Waals surface area (Å²) < 4.78 is 0. The summed E-state index contributed by atoms with van der Waals surface area (Å²) in [7, 11) is 1.53. The van der Waals surface area contributed by atoms with Gasteiger partial charge in [0.25, 0.3) is 0 Å². The Morgan fingerprint density at radius 1 is 1.44 bits per heavy atom. The zero-order chi connectivity index (χ0) is 11.7. The van der Waals surface area contributed by atoms with Crippen molar-refractivity contribution in [2.75, 3.05) is 7.05 Å². The third kappa shape index (κ3) is 1.85. The standard InChI is InChI=1S/C11H14N3O2/c1-7(11-12-3-4-13-11)8-5-9(15)14(2)10(16)6-8/h3-4,8H,5-6H2,1-2H3,(H,12,13). The molecule has 0 unspecified atom stereocenters. The molecular weight excluding hydrogens is 206 g/mol. The number of aromatic amines is 1. The summed E-state index contributed by atoms with van der Waals surface area (Å²) in [5.74, 6) is 1.47. The molecule has 1 saturated heterocycles. The number of piperidine rings is 1. The highest BCUT2D eigenvalue weighted by atomic mass is 16.2. The number of nitrogens with one attached hydrogen (secondary N) is 1. The minimum absolute atomic E-state index is 0.0256. The number of likely N-dealkylation sites (tertiary alicyclic amines) is 1. The van der Waals surface area contributed by atoms with E-state index in [1.54, 1.807) is 12.4 Å². The maximum atomic E-state index is 11.6. The highest BCUT2D eigenvalue weighted by Gasteiger charge is 2.34. The lowest BCUT2D eigenvalue weighted by Gasteiger charge is -2.29. The van der Waals surface area contributed by atoms with Crippen LogP contribution in [0.2, 0.25) is 0 Å². The number of carbonyl (C=O) groups excluding carboxylic acids is 2. The number of hydrogen-bond donors (Lipinski definition) is 1. The van der Waals surface area contributed by atoms with Gasteiger partial charge in [0.2, 0.25) is 11.8 Å². The Morgan fingerprint density at radius 2 is 2.06 bits per heavy atom. The van der Waals surface area contributed by atoms with Crippen LogP contribution in [0, 0.1) is 11.8 Å². The number of hydrogen-bond acceptors (Lipinski definition) is 3. The van der Waals surface area contributed by atoms with Crippen molar-refractivity contribution in [3.63, 3.8) is 0 Å². The highest BCUT2D eigenvalue weighted by Crippen LogP contribution is 2.30. The van der Waals surface area contributed by atoms with Crippen molar-refractivity contribution in [1.29, 1.82) is 0 Å². The topological polar surface area (TPSA) is 66.1 Å². The van der Waals surface area contributed by atoms with E-state index >= 15 is 0 Å². The second kappa shape index (κ2) is 4.08. The van der Waals surface area contributed by atoms with Crippen LogP contribution in [-0.4, -0.2) is 33.7 Å². The number of amides is 2. The summed E-state index contributed by atoms with van der Waals surface area (Å²) in [4.78, 5) is 31.4. The van der Waals surface area contributed by atoms with Crippen LogP contribution in [0.1, 0.15) is 25.6 Å². The van der Waals surface area contributed by atoms with Gasteiger partial charge in [0, 0.05) is 38.2 Å². The third-order valence-electron chi connectivity index (χ3n) is 3.07.